The lowest BCUT2D eigenvalue weighted by molar-refractivity contribution is -0.113. The molecule has 1 aromatic heterocycles. The first-order chi connectivity index (χ1) is 10.6. The van der Waals surface area contributed by atoms with Gasteiger partial charge in [0.15, 0.2) is 4.80 Å². The summed E-state index contributed by atoms with van der Waals surface area (Å²) in [7, 11) is 1.91. The summed E-state index contributed by atoms with van der Waals surface area (Å²) >= 11 is 5.03. The number of rotatable bonds is 2. The molecule has 1 amide bonds. The number of aryl methyl sites for hydroxylation is 1. The lowest BCUT2D eigenvalue weighted by Crippen LogP contribution is -2.12. The van der Waals surface area contributed by atoms with Crippen LogP contribution in [0.2, 0.25) is 0 Å². The van der Waals surface area contributed by atoms with E-state index in [0.717, 1.165) is 20.3 Å². The van der Waals surface area contributed by atoms with E-state index < -0.39 is 0 Å². The first-order valence-corrected chi connectivity index (χ1v) is 8.32. The zero-order chi connectivity index (χ0) is 15.5. The van der Waals surface area contributed by atoms with Gasteiger partial charge in [-0.2, -0.15) is 4.99 Å². The monoisotopic (exact) mass is 372 g/mol. The molecule has 3 aromatic rings. The van der Waals surface area contributed by atoms with Crippen LogP contribution in [0.3, 0.4) is 0 Å². The van der Waals surface area contributed by atoms with E-state index in [4.69, 9.17) is 0 Å². The van der Waals surface area contributed by atoms with Crippen LogP contribution in [0.25, 0.3) is 16.3 Å². The minimum Gasteiger partial charge on any atom is -0.318 e. The van der Waals surface area contributed by atoms with Crippen LogP contribution in [0.15, 0.2) is 64.1 Å². The number of para-hydroxylation sites is 1. The molecule has 2 aromatic carbocycles. The maximum absolute atomic E-state index is 12.0. The second-order valence-electron chi connectivity index (χ2n) is 4.72. The lowest BCUT2D eigenvalue weighted by atomic mass is 10.2. The zero-order valence-electron chi connectivity index (χ0n) is 11.9. The Balaban J connectivity index is 1.95. The number of fused-ring (bicyclic) bond motifs is 1. The fraction of sp³-hybridized carbons (Fsp3) is 0.0588. The van der Waals surface area contributed by atoms with Crippen LogP contribution >= 0.6 is 27.3 Å². The molecule has 0 bridgehead atoms. The number of aromatic nitrogens is 1. The van der Waals surface area contributed by atoms with Gasteiger partial charge in [0.1, 0.15) is 0 Å². The van der Waals surface area contributed by atoms with E-state index in [0.29, 0.717) is 4.80 Å². The minimum atomic E-state index is -0.262. The molecule has 0 saturated carbocycles. The van der Waals surface area contributed by atoms with Crippen LogP contribution < -0.4 is 4.80 Å². The number of carbonyl (C=O) groups excluding carboxylic acids is 1. The molecule has 0 saturated heterocycles. The molecule has 110 valence electrons. The zero-order valence-corrected chi connectivity index (χ0v) is 14.3. The summed E-state index contributed by atoms with van der Waals surface area (Å²) in [6.07, 6.45) is 3.27. The van der Waals surface area contributed by atoms with Crippen molar-refractivity contribution in [1.29, 1.82) is 0 Å². The van der Waals surface area contributed by atoms with Gasteiger partial charge in [0.25, 0.3) is 5.91 Å². The number of halogens is 1. The molecule has 0 radical (unpaired) electrons. The van der Waals surface area contributed by atoms with E-state index >= 15 is 0 Å². The highest BCUT2D eigenvalue weighted by Gasteiger charge is 2.06. The van der Waals surface area contributed by atoms with Gasteiger partial charge < -0.3 is 4.57 Å². The number of hydrogen-bond acceptors (Lipinski definition) is 2. The lowest BCUT2D eigenvalue weighted by Gasteiger charge is -1.97. The summed E-state index contributed by atoms with van der Waals surface area (Å²) in [6, 6.07) is 15.7. The van der Waals surface area contributed by atoms with E-state index in [9.17, 15) is 4.79 Å². The number of nitrogens with zero attached hydrogens (tertiary/aromatic N) is 2. The SMILES string of the molecule is Cn1c(=NC(=O)/C=C/c2ccccc2)sc2cccc(Br)c21. The molecule has 0 fully saturated rings. The molecular weight excluding hydrogens is 360 g/mol. The molecule has 0 aliphatic carbocycles. The van der Waals surface area contributed by atoms with Crippen molar-refractivity contribution in [2.45, 2.75) is 0 Å². The minimum absolute atomic E-state index is 0.262. The van der Waals surface area contributed by atoms with Crippen LogP contribution in [-0.2, 0) is 11.8 Å². The normalized spacial score (nSPS) is 12.4. The molecule has 0 unspecified atom stereocenters. The molecule has 0 aliphatic rings. The summed E-state index contributed by atoms with van der Waals surface area (Å²) in [6.45, 7) is 0. The molecule has 0 aliphatic heterocycles. The van der Waals surface area contributed by atoms with Gasteiger partial charge in [0.2, 0.25) is 0 Å². The molecule has 22 heavy (non-hydrogen) atoms. The van der Waals surface area contributed by atoms with Gasteiger partial charge in [-0.25, -0.2) is 0 Å². The van der Waals surface area contributed by atoms with Crippen molar-refractivity contribution in [1.82, 2.24) is 4.57 Å². The standard InChI is InChI=1S/C17H13BrN2OS/c1-20-16-13(18)8-5-9-14(16)22-17(20)19-15(21)11-10-12-6-3-2-4-7-12/h2-11H,1H3/b11-10+,19-17?. The van der Waals surface area contributed by atoms with Gasteiger partial charge in [-0.15, -0.1) is 0 Å². The molecule has 3 rings (SSSR count). The average Bonchev–Trinajstić information content (AvgIpc) is 2.84. The van der Waals surface area contributed by atoms with Crippen LogP contribution in [0.5, 0.6) is 0 Å². The highest BCUT2D eigenvalue weighted by molar-refractivity contribution is 9.10. The summed E-state index contributed by atoms with van der Waals surface area (Å²) in [5, 5.41) is 0. The highest BCUT2D eigenvalue weighted by Crippen LogP contribution is 2.24. The van der Waals surface area contributed by atoms with Gasteiger partial charge in [-0.1, -0.05) is 47.7 Å². The van der Waals surface area contributed by atoms with Crippen molar-refractivity contribution in [3.05, 3.63) is 69.4 Å². The number of carbonyl (C=O) groups is 1. The van der Waals surface area contributed by atoms with E-state index in [-0.39, 0.29) is 5.91 Å². The van der Waals surface area contributed by atoms with Crippen LogP contribution in [0.1, 0.15) is 5.56 Å². The number of benzene rings is 2. The Morgan fingerprint density at radius 2 is 1.95 bits per heavy atom. The number of thiazole rings is 1. The highest BCUT2D eigenvalue weighted by atomic mass is 79.9. The van der Waals surface area contributed by atoms with E-state index in [1.807, 2.05) is 60.1 Å². The van der Waals surface area contributed by atoms with Crippen LogP contribution in [0.4, 0.5) is 0 Å². The van der Waals surface area contributed by atoms with Gasteiger partial charge in [0.05, 0.1) is 10.2 Å². The third kappa shape index (κ3) is 3.10. The Morgan fingerprint density at radius 1 is 1.18 bits per heavy atom. The number of amides is 1. The second-order valence-corrected chi connectivity index (χ2v) is 6.59. The Morgan fingerprint density at radius 3 is 2.68 bits per heavy atom. The average molecular weight is 373 g/mol. The van der Waals surface area contributed by atoms with Crippen molar-refractivity contribution in [2.75, 3.05) is 0 Å². The first-order valence-electron chi connectivity index (χ1n) is 6.71. The molecule has 0 spiro atoms. The quantitative estimate of drug-likeness (QED) is 0.622. The summed E-state index contributed by atoms with van der Waals surface area (Å²) in [5.41, 5.74) is 2.03. The molecule has 1 heterocycles. The van der Waals surface area contributed by atoms with Crippen molar-refractivity contribution in [3.63, 3.8) is 0 Å². The maximum Gasteiger partial charge on any atom is 0.272 e. The fourth-order valence-corrected chi connectivity index (χ4v) is 3.94. The smallest absolute Gasteiger partial charge is 0.272 e. The Bertz CT molecular complexity index is 923. The molecule has 3 nitrogen and oxygen atoms in total. The van der Waals surface area contributed by atoms with Crippen molar-refractivity contribution < 1.29 is 4.79 Å². The van der Waals surface area contributed by atoms with E-state index in [2.05, 4.69) is 20.9 Å². The van der Waals surface area contributed by atoms with Crippen molar-refractivity contribution in [2.24, 2.45) is 12.0 Å². The van der Waals surface area contributed by atoms with Crippen LogP contribution in [0, 0.1) is 0 Å². The molecule has 0 N–H and O–H groups in total. The molecule has 5 heteroatoms. The van der Waals surface area contributed by atoms with Crippen LogP contribution in [-0.4, -0.2) is 10.5 Å². The third-order valence-electron chi connectivity index (χ3n) is 3.20. The van der Waals surface area contributed by atoms with Crippen molar-refractivity contribution >= 4 is 49.5 Å². The van der Waals surface area contributed by atoms with Gasteiger partial charge >= 0.3 is 0 Å². The second kappa shape index (κ2) is 6.42. The Hall–Kier alpha value is -1.98. The van der Waals surface area contributed by atoms with Gasteiger partial charge in [-0.3, -0.25) is 4.79 Å². The van der Waals surface area contributed by atoms with Gasteiger partial charge in [-0.05, 0) is 39.7 Å². The van der Waals surface area contributed by atoms with Gasteiger partial charge in [0, 0.05) is 17.6 Å². The number of hydrogen-bond donors (Lipinski definition) is 0. The van der Waals surface area contributed by atoms with E-state index in [1.54, 1.807) is 6.08 Å². The Kier molecular flexibility index (Phi) is 4.36. The fourth-order valence-electron chi connectivity index (χ4n) is 2.13. The predicted octanol–water partition coefficient (Wildman–Crippen LogP) is 4.14. The topological polar surface area (TPSA) is 34.4 Å². The summed E-state index contributed by atoms with van der Waals surface area (Å²) < 4.78 is 4.02. The van der Waals surface area contributed by atoms with Crippen molar-refractivity contribution in [3.8, 4) is 0 Å². The first kappa shape index (κ1) is 14.9. The van der Waals surface area contributed by atoms with E-state index in [1.165, 1.54) is 17.4 Å². The summed E-state index contributed by atoms with van der Waals surface area (Å²) in [5.74, 6) is -0.262. The third-order valence-corrected chi connectivity index (χ3v) is 4.93. The predicted molar refractivity (Wildman–Crippen MR) is 94.5 cm³/mol. The summed E-state index contributed by atoms with van der Waals surface area (Å²) in [4.78, 5) is 16.9. The Labute approximate surface area is 140 Å². The molecule has 0 atom stereocenters. The molecular formula is C17H13BrN2OS. The maximum atomic E-state index is 12.0. The largest absolute Gasteiger partial charge is 0.318 e.